The summed E-state index contributed by atoms with van der Waals surface area (Å²) in [6, 6.07) is 5.74. The molecular weight excluding hydrogens is 316 g/mol. The molecular formula is C15H18N4O3S. The van der Waals surface area contributed by atoms with E-state index < -0.39 is 5.97 Å². The van der Waals surface area contributed by atoms with E-state index in [1.807, 2.05) is 6.07 Å². The minimum absolute atomic E-state index is 0.153. The van der Waals surface area contributed by atoms with E-state index in [0.717, 1.165) is 19.6 Å². The number of carboxylic acid groups (broad SMARTS) is 1. The Kier molecular flexibility index (Phi) is 4.73. The monoisotopic (exact) mass is 334 g/mol. The van der Waals surface area contributed by atoms with Crippen LogP contribution in [0.2, 0.25) is 0 Å². The molecule has 0 aliphatic carbocycles. The quantitative estimate of drug-likeness (QED) is 0.882. The van der Waals surface area contributed by atoms with E-state index in [1.165, 1.54) is 15.8 Å². The molecule has 2 aromatic heterocycles. The number of rotatable bonds is 5. The fraction of sp³-hybridized carbons (Fsp3) is 0.400. The molecule has 1 aliphatic heterocycles. The number of thiophene rings is 1. The first-order chi connectivity index (χ1) is 11.1. The molecule has 1 aliphatic rings. The molecule has 0 unspecified atom stereocenters. The summed E-state index contributed by atoms with van der Waals surface area (Å²) in [5, 5.41) is 14.9. The predicted molar refractivity (Wildman–Crippen MR) is 85.4 cm³/mol. The first-order valence-corrected chi connectivity index (χ1v) is 8.29. The Morgan fingerprint density at radius 1 is 1.22 bits per heavy atom. The van der Waals surface area contributed by atoms with E-state index in [0.29, 0.717) is 18.8 Å². The molecule has 1 N–H and O–H groups in total. The molecule has 0 saturated carbocycles. The number of hydrogen-bond acceptors (Lipinski definition) is 5. The van der Waals surface area contributed by atoms with Gasteiger partial charge in [0.15, 0.2) is 0 Å². The first kappa shape index (κ1) is 15.7. The number of carbonyl (C=O) groups is 2. The van der Waals surface area contributed by atoms with E-state index in [9.17, 15) is 9.59 Å². The Bertz CT molecular complexity index is 675. The number of carbonyl (C=O) groups excluding carboxylic acids is 1. The second-order valence-electron chi connectivity index (χ2n) is 5.42. The maximum Gasteiger partial charge on any atom is 0.325 e. The zero-order valence-electron chi connectivity index (χ0n) is 12.6. The lowest BCUT2D eigenvalue weighted by molar-refractivity contribution is -0.137. The summed E-state index contributed by atoms with van der Waals surface area (Å²) in [7, 11) is 0. The SMILES string of the molecule is O=C(O)Cn1nccc1C(=O)N1CCN(Cc2cccs2)CC1. The highest BCUT2D eigenvalue weighted by atomic mass is 32.1. The molecule has 7 nitrogen and oxygen atoms in total. The Balaban J connectivity index is 1.58. The summed E-state index contributed by atoms with van der Waals surface area (Å²) in [6.45, 7) is 3.53. The lowest BCUT2D eigenvalue weighted by atomic mass is 10.2. The highest BCUT2D eigenvalue weighted by Crippen LogP contribution is 2.14. The Hall–Kier alpha value is -2.19. The number of amides is 1. The normalized spacial score (nSPS) is 15.7. The molecule has 0 aromatic carbocycles. The first-order valence-electron chi connectivity index (χ1n) is 7.41. The maximum absolute atomic E-state index is 12.5. The molecule has 2 aromatic rings. The largest absolute Gasteiger partial charge is 0.480 e. The smallest absolute Gasteiger partial charge is 0.325 e. The van der Waals surface area contributed by atoms with E-state index >= 15 is 0 Å². The molecule has 1 fully saturated rings. The third-order valence-electron chi connectivity index (χ3n) is 3.84. The molecule has 8 heteroatoms. The van der Waals surface area contributed by atoms with Crippen LogP contribution in [0, 0.1) is 0 Å². The van der Waals surface area contributed by atoms with Gasteiger partial charge in [0.1, 0.15) is 12.2 Å². The van der Waals surface area contributed by atoms with E-state index in [4.69, 9.17) is 5.11 Å². The fourth-order valence-corrected chi connectivity index (χ4v) is 3.41. The number of aliphatic carboxylic acids is 1. The lowest BCUT2D eigenvalue weighted by Crippen LogP contribution is -2.48. The van der Waals surface area contributed by atoms with Gasteiger partial charge >= 0.3 is 5.97 Å². The number of nitrogens with zero attached hydrogens (tertiary/aromatic N) is 4. The number of aromatic nitrogens is 2. The van der Waals surface area contributed by atoms with Gasteiger partial charge in [0, 0.05) is 43.8 Å². The number of piperazine rings is 1. The van der Waals surface area contributed by atoms with Crippen molar-refractivity contribution in [3.63, 3.8) is 0 Å². The van der Waals surface area contributed by atoms with Crippen LogP contribution in [0.1, 0.15) is 15.4 Å². The topological polar surface area (TPSA) is 78.7 Å². The van der Waals surface area contributed by atoms with Crippen LogP contribution >= 0.6 is 11.3 Å². The molecule has 0 radical (unpaired) electrons. The third kappa shape index (κ3) is 3.77. The second kappa shape index (κ2) is 6.93. The van der Waals surface area contributed by atoms with Gasteiger partial charge in [-0.25, -0.2) is 4.68 Å². The van der Waals surface area contributed by atoms with Gasteiger partial charge in [-0.1, -0.05) is 6.07 Å². The summed E-state index contributed by atoms with van der Waals surface area (Å²) in [5.74, 6) is -1.16. The van der Waals surface area contributed by atoms with Gasteiger partial charge in [0.2, 0.25) is 0 Å². The van der Waals surface area contributed by atoms with Crippen LogP contribution in [0.4, 0.5) is 0 Å². The molecule has 1 amide bonds. The summed E-state index contributed by atoms with van der Waals surface area (Å²) in [6.07, 6.45) is 1.46. The van der Waals surface area contributed by atoms with Crippen molar-refractivity contribution < 1.29 is 14.7 Å². The summed E-state index contributed by atoms with van der Waals surface area (Å²) < 4.78 is 1.24. The standard InChI is InChI=1S/C15H18N4O3S/c20-14(21)11-19-13(3-4-16-19)15(22)18-7-5-17(6-8-18)10-12-2-1-9-23-12/h1-4,9H,5-8,10-11H2,(H,20,21). The Morgan fingerprint density at radius 3 is 2.65 bits per heavy atom. The molecule has 0 bridgehead atoms. The minimum Gasteiger partial charge on any atom is -0.480 e. The van der Waals surface area contributed by atoms with Crippen molar-refractivity contribution in [3.05, 3.63) is 40.3 Å². The zero-order valence-corrected chi connectivity index (χ0v) is 13.4. The van der Waals surface area contributed by atoms with E-state index in [-0.39, 0.29) is 12.5 Å². The van der Waals surface area contributed by atoms with Gasteiger partial charge in [0.05, 0.1) is 0 Å². The van der Waals surface area contributed by atoms with Crippen molar-refractivity contribution in [1.29, 1.82) is 0 Å². The molecule has 0 spiro atoms. The zero-order chi connectivity index (χ0) is 16.2. The molecule has 23 heavy (non-hydrogen) atoms. The van der Waals surface area contributed by atoms with Crippen LogP contribution in [-0.4, -0.2) is 62.7 Å². The van der Waals surface area contributed by atoms with Crippen molar-refractivity contribution in [1.82, 2.24) is 19.6 Å². The van der Waals surface area contributed by atoms with Gasteiger partial charge in [-0.05, 0) is 17.5 Å². The van der Waals surface area contributed by atoms with Gasteiger partial charge in [-0.3, -0.25) is 14.5 Å². The van der Waals surface area contributed by atoms with Gasteiger partial charge in [-0.15, -0.1) is 11.3 Å². The molecule has 122 valence electrons. The van der Waals surface area contributed by atoms with Crippen LogP contribution in [0.15, 0.2) is 29.8 Å². The highest BCUT2D eigenvalue weighted by Gasteiger charge is 2.25. The number of hydrogen-bond donors (Lipinski definition) is 1. The Labute approximate surface area is 137 Å². The van der Waals surface area contributed by atoms with Crippen molar-refractivity contribution in [2.45, 2.75) is 13.1 Å². The Morgan fingerprint density at radius 2 is 2.00 bits per heavy atom. The van der Waals surface area contributed by atoms with Gasteiger partial charge in [-0.2, -0.15) is 5.10 Å². The van der Waals surface area contributed by atoms with Crippen LogP contribution in [0.25, 0.3) is 0 Å². The summed E-state index contributed by atoms with van der Waals surface area (Å²) in [5.41, 5.74) is 0.333. The fourth-order valence-electron chi connectivity index (χ4n) is 2.66. The third-order valence-corrected chi connectivity index (χ3v) is 4.70. The number of carboxylic acids is 1. The predicted octanol–water partition coefficient (Wildman–Crippen LogP) is 0.987. The summed E-state index contributed by atoms with van der Waals surface area (Å²) in [4.78, 5) is 28.8. The van der Waals surface area contributed by atoms with Crippen molar-refractivity contribution in [2.24, 2.45) is 0 Å². The highest BCUT2D eigenvalue weighted by molar-refractivity contribution is 7.09. The van der Waals surface area contributed by atoms with Crippen molar-refractivity contribution in [3.8, 4) is 0 Å². The molecule has 3 heterocycles. The summed E-state index contributed by atoms with van der Waals surface area (Å²) >= 11 is 1.74. The van der Waals surface area contributed by atoms with Crippen LogP contribution < -0.4 is 0 Å². The maximum atomic E-state index is 12.5. The van der Waals surface area contributed by atoms with Gasteiger partial charge < -0.3 is 10.0 Å². The molecule has 1 saturated heterocycles. The van der Waals surface area contributed by atoms with Crippen molar-refractivity contribution in [2.75, 3.05) is 26.2 Å². The van der Waals surface area contributed by atoms with Crippen LogP contribution in [-0.2, 0) is 17.9 Å². The molecule has 3 rings (SSSR count). The van der Waals surface area contributed by atoms with Crippen LogP contribution in [0.3, 0.4) is 0 Å². The average molecular weight is 334 g/mol. The van der Waals surface area contributed by atoms with E-state index in [1.54, 1.807) is 22.3 Å². The van der Waals surface area contributed by atoms with Crippen molar-refractivity contribution >= 4 is 23.2 Å². The van der Waals surface area contributed by atoms with E-state index in [2.05, 4.69) is 21.4 Å². The van der Waals surface area contributed by atoms with Gasteiger partial charge in [0.25, 0.3) is 5.91 Å². The minimum atomic E-state index is -1.01. The molecule has 0 atom stereocenters. The average Bonchev–Trinajstić information content (AvgIpc) is 3.18. The lowest BCUT2D eigenvalue weighted by Gasteiger charge is -2.34. The second-order valence-corrected chi connectivity index (χ2v) is 6.45. The van der Waals surface area contributed by atoms with Crippen LogP contribution in [0.5, 0.6) is 0 Å².